The second kappa shape index (κ2) is 7.45. The Morgan fingerprint density at radius 3 is 2.93 bits per heavy atom. The van der Waals surface area contributed by atoms with Gasteiger partial charge in [-0.25, -0.2) is 4.98 Å². The largest absolute Gasteiger partial charge is 0.481 e. The second-order valence-electron chi connectivity index (χ2n) is 7.47. The zero-order valence-corrected chi connectivity index (χ0v) is 16.5. The Morgan fingerprint density at radius 1 is 1.36 bits per heavy atom. The van der Waals surface area contributed by atoms with Crippen molar-refractivity contribution in [3.05, 3.63) is 52.8 Å². The van der Waals surface area contributed by atoms with Crippen molar-refractivity contribution >= 4 is 28.9 Å². The molecule has 1 saturated heterocycles. The number of likely N-dealkylation sites (tertiary alicyclic amines) is 1. The highest BCUT2D eigenvalue weighted by Crippen LogP contribution is 2.30. The second-order valence-corrected chi connectivity index (χ2v) is 7.88. The average molecular weight is 399 g/mol. The lowest BCUT2D eigenvalue weighted by Gasteiger charge is -2.30. The van der Waals surface area contributed by atoms with Gasteiger partial charge in [-0.2, -0.15) is 0 Å². The van der Waals surface area contributed by atoms with Crippen LogP contribution in [0, 0.1) is 12.8 Å². The number of aromatic nitrogens is 2. The number of hydrogen-bond donors (Lipinski definition) is 2. The predicted octanol–water partition coefficient (Wildman–Crippen LogP) is 3.84. The van der Waals surface area contributed by atoms with E-state index in [1.807, 2.05) is 47.9 Å². The average Bonchev–Trinajstić information content (AvgIpc) is 3.02. The van der Waals surface area contributed by atoms with Gasteiger partial charge in [-0.15, -0.1) is 0 Å². The summed E-state index contributed by atoms with van der Waals surface area (Å²) in [5, 5.41) is 10.1. The number of pyridine rings is 1. The Hall–Kier alpha value is -2.57. The van der Waals surface area contributed by atoms with Gasteiger partial charge < -0.3 is 15.2 Å². The van der Waals surface area contributed by atoms with E-state index >= 15 is 0 Å². The molecule has 1 aliphatic heterocycles. The molecule has 0 bridgehead atoms. The van der Waals surface area contributed by atoms with E-state index in [2.05, 4.69) is 4.90 Å². The lowest BCUT2D eigenvalue weighted by molar-refractivity contribution is -0.143. The highest BCUT2D eigenvalue weighted by molar-refractivity contribution is 6.31. The first-order chi connectivity index (χ1) is 13.4. The van der Waals surface area contributed by atoms with Gasteiger partial charge in [0.2, 0.25) is 0 Å². The van der Waals surface area contributed by atoms with E-state index in [1.54, 1.807) is 0 Å². The molecule has 6 nitrogen and oxygen atoms in total. The van der Waals surface area contributed by atoms with Gasteiger partial charge in [0.25, 0.3) is 0 Å². The number of fused-ring (bicyclic) bond motifs is 1. The van der Waals surface area contributed by atoms with Crippen LogP contribution in [0.3, 0.4) is 0 Å². The van der Waals surface area contributed by atoms with Crippen LogP contribution in [0.2, 0.25) is 5.02 Å². The van der Waals surface area contributed by atoms with Crippen LogP contribution in [0.25, 0.3) is 16.9 Å². The van der Waals surface area contributed by atoms with Crippen molar-refractivity contribution in [1.29, 1.82) is 0 Å². The fourth-order valence-electron chi connectivity index (χ4n) is 3.90. The van der Waals surface area contributed by atoms with Crippen molar-refractivity contribution in [3.8, 4) is 11.3 Å². The minimum absolute atomic E-state index is 0.320. The van der Waals surface area contributed by atoms with Gasteiger partial charge in [0.1, 0.15) is 5.65 Å². The van der Waals surface area contributed by atoms with Crippen LogP contribution < -0.4 is 5.73 Å². The first kappa shape index (κ1) is 18.8. The third-order valence-electron chi connectivity index (χ3n) is 5.40. The molecule has 0 radical (unpaired) electrons. The molecule has 0 spiro atoms. The number of carboxylic acids is 1. The molecule has 0 aliphatic carbocycles. The Balaban J connectivity index is 1.77. The number of benzene rings is 1. The summed E-state index contributed by atoms with van der Waals surface area (Å²) in [4.78, 5) is 18.5. The summed E-state index contributed by atoms with van der Waals surface area (Å²) in [6.45, 7) is 4.01. The number of rotatable bonds is 4. The van der Waals surface area contributed by atoms with Crippen LogP contribution in [0.5, 0.6) is 0 Å². The fourth-order valence-corrected chi connectivity index (χ4v) is 4.01. The summed E-state index contributed by atoms with van der Waals surface area (Å²) in [6.07, 6.45) is 3.49. The molecule has 28 heavy (non-hydrogen) atoms. The van der Waals surface area contributed by atoms with Crippen LogP contribution in [-0.2, 0) is 11.3 Å². The quantitative estimate of drug-likeness (QED) is 0.697. The molecular formula is C21H23ClN4O2. The molecule has 0 saturated carbocycles. The zero-order chi connectivity index (χ0) is 19.8. The lowest BCUT2D eigenvalue weighted by atomic mass is 9.98. The molecule has 7 heteroatoms. The predicted molar refractivity (Wildman–Crippen MR) is 110 cm³/mol. The van der Waals surface area contributed by atoms with Crippen molar-refractivity contribution in [2.45, 2.75) is 26.3 Å². The number of carboxylic acid groups (broad SMARTS) is 1. The zero-order valence-electron chi connectivity index (χ0n) is 15.7. The number of nitrogen functional groups attached to an aromatic ring is 1. The first-order valence-electron chi connectivity index (χ1n) is 9.40. The smallest absolute Gasteiger partial charge is 0.307 e. The number of hydrogen-bond acceptors (Lipinski definition) is 4. The Kier molecular flexibility index (Phi) is 5.00. The van der Waals surface area contributed by atoms with Crippen LogP contribution in [0.4, 0.5) is 5.69 Å². The molecule has 2 aromatic heterocycles. The molecular weight excluding hydrogens is 376 g/mol. The van der Waals surface area contributed by atoms with E-state index in [0.717, 1.165) is 52.6 Å². The molecule has 3 heterocycles. The Morgan fingerprint density at radius 2 is 2.18 bits per heavy atom. The number of imidazole rings is 1. The maximum absolute atomic E-state index is 11.4. The number of carbonyl (C=O) groups is 1. The topological polar surface area (TPSA) is 83.9 Å². The number of piperidine rings is 1. The van der Waals surface area contributed by atoms with E-state index in [-0.39, 0.29) is 5.92 Å². The number of nitrogens with two attached hydrogens (primary N) is 1. The minimum Gasteiger partial charge on any atom is -0.481 e. The summed E-state index contributed by atoms with van der Waals surface area (Å²) >= 11 is 6.20. The maximum atomic E-state index is 11.4. The molecule has 1 aliphatic rings. The summed E-state index contributed by atoms with van der Waals surface area (Å²) < 4.78 is 2.01. The van der Waals surface area contributed by atoms with Gasteiger partial charge in [0, 0.05) is 35.6 Å². The standard InChI is InChI=1S/C21H23ClN4O2/c1-13-9-14(4-6-17(13)22)20-18(26-11-16(23)5-7-19(26)24-20)12-25-8-2-3-15(10-25)21(27)28/h4-7,9,11,15H,2-3,8,10,12,23H2,1H3,(H,27,28). The Bertz CT molecular complexity index is 1050. The van der Waals surface area contributed by atoms with Gasteiger partial charge in [0.15, 0.2) is 0 Å². The maximum Gasteiger partial charge on any atom is 0.307 e. The fraction of sp³-hybridized carbons (Fsp3) is 0.333. The molecule has 3 aromatic rings. The van der Waals surface area contributed by atoms with Gasteiger partial charge in [-0.05, 0) is 56.1 Å². The highest BCUT2D eigenvalue weighted by atomic mass is 35.5. The van der Waals surface area contributed by atoms with E-state index in [4.69, 9.17) is 22.3 Å². The molecule has 1 fully saturated rings. The Labute approximate surface area is 168 Å². The molecule has 4 rings (SSSR count). The number of nitrogens with zero attached hydrogens (tertiary/aromatic N) is 3. The van der Waals surface area contributed by atoms with E-state index in [1.165, 1.54) is 0 Å². The van der Waals surface area contributed by atoms with Crippen molar-refractivity contribution in [1.82, 2.24) is 14.3 Å². The van der Waals surface area contributed by atoms with Crippen LogP contribution in [-0.4, -0.2) is 38.4 Å². The summed E-state index contributed by atoms with van der Waals surface area (Å²) in [6, 6.07) is 9.63. The van der Waals surface area contributed by atoms with Gasteiger partial charge >= 0.3 is 5.97 Å². The van der Waals surface area contributed by atoms with Gasteiger partial charge in [0.05, 0.1) is 17.3 Å². The lowest BCUT2D eigenvalue weighted by Crippen LogP contribution is -2.38. The third-order valence-corrected chi connectivity index (χ3v) is 5.82. The summed E-state index contributed by atoms with van der Waals surface area (Å²) in [5.74, 6) is -1.04. The van der Waals surface area contributed by atoms with Crippen LogP contribution >= 0.6 is 11.6 Å². The molecule has 1 unspecified atom stereocenters. The van der Waals surface area contributed by atoms with Crippen LogP contribution in [0.15, 0.2) is 36.5 Å². The normalized spacial score (nSPS) is 17.9. The van der Waals surface area contributed by atoms with Gasteiger partial charge in [-0.1, -0.05) is 17.7 Å². The van der Waals surface area contributed by atoms with Crippen molar-refractivity contribution in [2.24, 2.45) is 5.92 Å². The van der Waals surface area contributed by atoms with Gasteiger partial charge in [-0.3, -0.25) is 9.69 Å². The molecule has 146 valence electrons. The number of aryl methyl sites for hydroxylation is 1. The highest BCUT2D eigenvalue weighted by Gasteiger charge is 2.27. The van der Waals surface area contributed by atoms with Crippen molar-refractivity contribution < 1.29 is 9.90 Å². The summed E-state index contributed by atoms with van der Waals surface area (Å²) in [7, 11) is 0. The van der Waals surface area contributed by atoms with E-state index in [0.29, 0.717) is 18.8 Å². The van der Waals surface area contributed by atoms with Crippen molar-refractivity contribution in [2.75, 3.05) is 18.8 Å². The first-order valence-corrected chi connectivity index (χ1v) is 9.78. The molecule has 3 N–H and O–H groups in total. The third kappa shape index (κ3) is 3.57. The molecule has 0 amide bonds. The number of anilines is 1. The van der Waals surface area contributed by atoms with E-state index < -0.39 is 5.97 Å². The number of halogens is 1. The minimum atomic E-state index is -0.722. The SMILES string of the molecule is Cc1cc(-c2nc3ccc(N)cn3c2CN2CCCC(C(=O)O)C2)ccc1Cl. The number of aliphatic carboxylic acids is 1. The monoisotopic (exact) mass is 398 g/mol. The van der Waals surface area contributed by atoms with Crippen molar-refractivity contribution in [3.63, 3.8) is 0 Å². The van der Waals surface area contributed by atoms with E-state index in [9.17, 15) is 9.90 Å². The molecule has 1 atom stereocenters. The molecule has 1 aromatic carbocycles. The van der Waals surface area contributed by atoms with Crippen LogP contribution in [0.1, 0.15) is 24.1 Å². The summed E-state index contributed by atoms with van der Waals surface area (Å²) in [5.41, 5.74) is 11.4.